The van der Waals surface area contributed by atoms with Gasteiger partial charge in [0.1, 0.15) is 11.4 Å². The Balaban J connectivity index is 1.80. The van der Waals surface area contributed by atoms with Crippen LogP contribution in [0.2, 0.25) is 0 Å². The molecule has 0 saturated heterocycles. The van der Waals surface area contributed by atoms with Crippen molar-refractivity contribution in [3.8, 4) is 0 Å². The first-order valence-corrected chi connectivity index (χ1v) is 8.15. The van der Waals surface area contributed by atoms with E-state index in [1.54, 1.807) is 11.8 Å². The van der Waals surface area contributed by atoms with Crippen LogP contribution in [0.1, 0.15) is 26.7 Å². The van der Waals surface area contributed by atoms with Crippen LogP contribution in [0.15, 0.2) is 35.2 Å². The zero-order chi connectivity index (χ0) is 14.4. The predicted octanol–water partition coefficient (Wildman–Crippen LogP) is 3.20. The van der Waals surface area contributed by atoms with E-state index in [0.717, 1.165) is 37.4 Å². The molecule has 2 rings (SSSR count). The van der Waals surface area contributed by atoms with Gasteiger partial charge in [-0.25, -0.2) is 0 Å². The molecule has 0 bridgehead atoms. The molecule has 20 heavy (non-hydrogen) atoms. The van der Waals surface area contributed by atoms with E-state index < -0.39 is 0 Å². The molecule has 0 atom stereocenters. The summed E-state index contributed by atoms with van der Waals surface area (Å²) in [6.45, 7) is 7.57. The average Bonchev–Trinajstić information content (AvgIpc) is 3.25. The lowest BCUT2D eigenvalue weighted by Crippen LogP contribution is -2.30. The fourth-order valence-corrected chi connectivity index (χ4v) is 3.31. The van der Waals surface area contributed by atoms with E-state index in [1.807, 2.05) is 30.3 Å². The number of carbonyl (C=O) groups is 1. The van der Waals surface area contributed by atoms with E-state index in [9.17, 15) is 4.79 Å². The Hall–Kier alpha value is -1.00. The van der Waals surface area contributed by atoms with E-state index in [0.29, 0.717) is 6.61 Å². The number of nitrogens with zero attached hydrogens (tertiary/aromatic N) is 1. The average molecular weight is 293 g/mol. The summed E-state index contributed by atoms with van der Waals surface area (Å²) in [6, 6.07) is 10.1. The lowest BCUT2D eigenvalue weighted by molar-refractivity contribution is -0.144. The summed E-state index contributed by atoms with van der Waals surface area (Å²) in [5, 5.41) is 0. The van der Waals surface area contributed by atoms with Crippen molar-refractivity contribution in [3.05, 3.63) is 30.3 Å². The second-order valence-corrected chi connectivity index (χ2v) is 6.53. The number of carbonyl (C=O) groups excluding carboxylic acids is 1. The van der Waals surface area contributed by atoms with E-state index in [-0.39, 0.29) is 10.7 Å². The van der Waals surface area contributed by atoms with Crippen LogP contribution in [0.3, 0.4) is 0 Å². The number of esters is 1. The highest BCUT2D eigenvalue weighted by Crippen LogP contribution is 2.52. The van der Waals surface area contributed by atoms with Crippen LogP contribution in [-0.4, -0.2) is 41.9 Å². The number of thioether (sulfide) groups is 1. The largest absolute Gasteiger partial charge is 0.463 e. The molecule has 1 saturated carbocycles. The Kier molecular flexibility index (Phi) is 5.49. The molecule has 1 aliphatic rings. The highest BCUT2D eigenvalue weighted by Gasteiger charge is 2.52. The molecule has 1 aromatic rings. The Morgan fingerprint density at radius 1 is 1.25 bits per heavy atom. The number of rotatable bonds is 8. The van der Waals surface area contributed by atoms with Gasteiger partial charge in [0.15, 0.2) is 0 Å². The summed E-state index contributed by atoms with van der Waals surface area (Å²) in [5.74, 6) is -0.0430. The molecule has 0 aromatic heterocycles. The molecule has 0 radical (unpaired) electrons. The topological polar surface area (TPSA) is 29.5 Å². The van der Waals surface area contributed by atoms with Crippen LogP contribution < -0.4 is 0 Å². The van der Waals surface area contributed by atoms with Crippen molar-refractivity contribution in [2.24, 2.45) is 0 Å². The zero-order valence-electron chi connectivity index (χ0n) is 12.3. The van der Waals surface area contributed by atoms with Crippen LogP contribution in [0, 0.1) is 0 Å². The summed E-state index contributed by atoms with van der Waals surface area (Å²) >= 11 is 1.65. The minimum absolute atomic E-state index is 0.0430. The van der Waals surface area contributed by atoms with E-state index in [4.69, 9.17) is 4.74 Å². The van der Waals surface area contributed by atoms with Gasteiger partial charge in [0.05, 0.1) is 0 Å². The number of likely N-dealkylation sites (N-methyl/N-ethyl adjacent to an activating group) is 1. The van der Waals surface area contributed by atoms with Gasteiger partial charge in [-0.15, -0.1) is 11.8 Å². The Labute approximate surface area is 125 Å². The van der Waals surface area contributed by atoms with Gasteiger partial charge in [0, 0.05) is 11.4 Å². The first-order valence-electron chi connectivity index (χ1n) is 7.34. The van der Waals surface area contributed by atoms with Crippen LogP contribution in [-0.2, 0) is 9.53 Å². The number of ether oxygens (including phenoxy) is 1. The second-order valence-electron chi connectivity index (χ2n) is 5.07. The maximum absolute atomic E-state index is 12.2. The minimum Gasteiger partial charge on any atom is -0.463 e. The number of benzene rings is 1. The summed E-state index contributed by atoms with van der Waals surface area (Å²) in [5.41, 5.74) is 0. The third-order valence-electron chi connectivity index (χ3n) is 3.67. The standard InChI is InChI=1S/C16H23NO2S/c1-3-17(4-2)12-13-19-15(18)16(10-11-16)20-14-8-6-5-7-9-14/h5-9H,3-4,10-13H2,1-2H3. The number of hydrogen-bond acceptors (Lipinski definition) is 4. The SMILES string of the molecule is CCN(CC)CCOC(=O)C1(Sc2ccccc2)CC1. The summed E-state index contributed by atoms with van der Waals surface area (Å²) < 4.78 is 5.16. The molecular weight excluding hydrogens is 270 g/mol. The van der Waals surface area contributed by atoms with Crippen molar-refractivity contribution in [1.82, 2.24) is 4.90 Å². The Morgan fingerprint density at radius 3 is 2.45 bits per heavy atom. The predicted molar refractivity (Wildman–Crippen MR) is 83.0 cm³/mol. The van der Waals surface area contributed by atoms with E-state index in [1.165, 1.54) is 0 Å². The summed E-state index contributed by atoms with van der Waals surface area (Å²) in [4.78, 5) is 15.6. The highest BCUT2D eigenvalue weighted by molar-refractivity contribution is 8.01. The number of hydrogen-bond donors (Lipinski definition) is 0. The Morgan fingerprint density at radius 2 is 1.90 bits per heavy atom. The van der Waals surface area contributed by atoms with Gasteiger partial charge in [-0.2, -0.15) is 0 Å². The molecule has 0 aliphatic heterocycles. The lowest BCUT2D eigenvalue weighted by Gasteiger charge is -2.19. The van der Waals surface area contributed by atoms with Gasteiger partial charge in [0.25, 0.3) is 0 Å². The van der Waals surface area contributed by atoms with Gasteiger partial charge in [-0.3, -0.25) is 4.79 Å². The lowest BCUT2D eigenvalue weighted by atomic mass is 10.4. The molecule has 1 fully saturated rings. The van der Waals surface area contributed by atoms with Gasteiger partial charge in [0.2, 0.25) is 0 Å². The second kappa shape index (κ2) is 7.14. The Bertz CT molecular complexity index is 427. The molecule has 0 spiro atoms. The maximum atomic E-state index is 12.2. The van der Waals surface area contributed by atoms with Crippen molar-refractivity contribution >= 4 is 17.7 Å². The maximum Gasteiger partial charge on any atom is 0.322 e. The van der Waals surface area contributed by atoms with Crippen LogP contribution >= 0.6 is 11.8 Å². The fourth-order valence-electron chi connectivity index (χ4n) is 2.11. The van der Waals surface area contributed by atoms with Crippen LogP contribution in [0.5, 0.6) is 0 Å². The van der Waals surface area contributed by atoms with Crippen molar-refractivity contribution in [2.75, 3.05) is 26.2 Å². The smallest absolute Gasteiger partial charge is 0.322 e. The molecule has 0 N–H and O–H groups in total. The highest BCUT2D eigenvalue weighted by atomic mass is 32.2. The van der Waals surface area contributed by atoms with E-state index >= 15 is 0 Å². The van der Waals surface area contributed by atoms with Crippen molar-refractivity contribution in [1.29, 1.82) is 0 Å². The summed E-state index contributed by atoms with van der Waals surface area (Å²) in [6.07, 6.45) is 1.85. The molecule has 4 heteroatoms. The van der Waals surface area contributed by atoms with Gasteiger partial charge >= 0.3 is 5.97 Å². The van der Waals surface area contributed by atoms with Gasteiger partial charge in [-0.1, -0.05) is 32.0 Å². The van der Waals surface area contributed by atoms with Gasteiger partial charge in [-0.05, 0) is 38.1 Å². The van der Waals surface area contributed by atoms with Crippen LogP contribution in [0.4, 0.5) is 0 Å². The molecule has 1 aliphatic carbocycles. The first kappa shape index (κ1) is 15.4. The molecule has 0 amide bonds. The molecular formula is C16H23NO2S. The van der Waals surface area contributed by atoms with Gasteiger partial charge < -0.3 is 9.64 Å². The quantitative estimate of drug-likeness (QED) is 0.688. The van der Waals surface area contributed by atoms with Crippen molar-refractivity contribution in [2.45, 2.75) is 36.3 Å². The van der Waals surface area contributed by atoms with E-state index in [2.05, 4.69) is 18.7 Å². The molecule has 3 nitrogen and oxygen atoms in total. The molecule has 0 heterocycles. The molecule has 1 aromatic carbocycles. The molecule has 0 unspecified atom stereocenters. The first-order chi connectivity index (χ1) is 9.70. The molecule has 110 valence electrons. The van der Waals surface area contributed by atoms with Crippen molar-refractivity contribution in [3.63, 3.8) is 0 Å². The minimum atomic E-state index is -0.315. The third-order valence-corrected chi connectivity index (χ3v) is 5.14. The fraction of sp³-hybridized carbons (Fsp3) is 0.562. The third kappa shape index (κ3) is 4.00. The van der Waals surface area contributed by atoms with Crippen molar-refractivity contribution < 1.29 is 9.53 Å². The monoisotopic (exact) mass is 293 g/mol. The zero-order valence-corrected chi connectivity index (χ0v) is 13.1. The summed E-state index contributed by atoms with van der Waals surface area (Å²) in [7, 11) is 0. The van der Waals surface area contributed by atoms with Crippen LogP contribution in [0.25, 0.3) is 0 Å². The normalized spacial score (nSPS) is 16.1.